The molecule has 112 valence electrons. The lowest BCUT2D eigenvalue weighted by Crippen LogP contribution is -2.10. The van der Waals surface area contributed by atoms with Crippen molar-refractivity contribution in [2.45, 2.75) is 33.2 Å². The second kappa shape index (κ2) is 7.00. The van der Waals surface area contributed by atoms with Crippen molar-refractivity contribution in [3.8, 4) is 0 Å². The average Bonchev–Trinajstić information content (AvgIpc) is 2.76. The highest BCUT2D eigenvalue weighted by atomic mass is 79.9. The van der Waals surface area contributed by atoms with E-state index in [1.165, 1.54) is 0 Å². The quantitative estimate of drug-likeness (QED) is 0.815. The molecule has 0 spiro atoms. The van der Waals surface area contributed by atoms with E-state index in [1.54, 1.807) is 0 Å². The van der Waals surface area contributed by atoms with Crippen LogP contribution < -0.4 is 5.73 Å². The van der Waals surface area contributed by atoms with Crippen LogP contribution in [0.15, 0.2) is 28.7 Å². The summed E-state index contributed by atoms with van der Waals surface area (Å²) in [5.41, 5.74) is 9.26. The summed E-state index contributed by atoms with van der Waals surface area (Å²) in [5.74, 6) is 0.101. The maximum Gasteiger partial charge on any atom is 0.168 e. The summed E-state index contributed by atoms with van der Waals surface area (Å²) in [4.78, 5) is 12.4. The molecule has 4 nitrogen and oxygen atoms in total. The SMILES string of the molecule is CCn1nc(C)c(Br)c1CC(=O)c1ccc(CCN)cc1. The molecule has 0 radical (unpaired) electrons. The molecule has 0 aliphatic heterocycles. The van der Waals surface area contributed by atoms with Gasteiger partial charge in [-0.3, -0.25) is 9.48 Å². The summed E-state index contributed by atoms with van der Waals surface area (Å²) in [5, 5.41) is 4.42. The molecule has 1 aromatic heterocycles. The van der Waals surface area contributed by atoms with Crippen molar-refractivity contribution < 1.29 is 4.79 Å². The predicted octanol–water partition coefficient (Wildman–Crippen LogP) is 2.90. The lowest BCUT2D eigenvalue weighted by Gasteiger charge is -2.06. The minimum atomic E-state index is 0.101. The van der Waals surface area contributed by atoms with Crippen LogP contribution in [0.1, 0.15) is 34.2 Å². The second-order valence-electron chi connectivity index (χ2n) is 5.00. The fourth-order valence-corrected chi connectivity index (χ4v) is 2.74. The van der Waals surface area contributed by atoms with Gasteiger partial charge in [0.2, 0.25) is 0 Å². The van der Waals surface area contributed by atoms with Crippen molar-refractivity contribution in [1.29, 1.82) is 0 Å². The highest BCUT2D eigenvalue weighted by Gasteiger charge is 2.16. The number of rotatable bonds is 6. The molecule has 0 atom stereocenters. The molecule has 0 amide bonds. The molecule has 0 bridgehead atoms. The molecule has 0 saturated carbocycles. The number of carbonyl (C=O) groups is 1. The lowest BCUT2D eigenvalue weighted by molar-refractivity contribution is 0.0990. The number of carbonyl (C=O) groups excluding carboxylic acids is 1. The van der Waals surface area contributed by atoms with Crippen molar-refractivity contribution in [1.82, 2.24) is 9.78 Å². The summed E-state index contributed by atoms with van der Waals surface area (Å²) < 4.78 is 2.80. The van der Waals surface area contributed by atoms with Gasteiger partial charge in [-0.25, -0.2) is 0 Å². The number of halogens is 1. The van der Waals surface area contributed by atoms with Gasteiger partial charge >= 0.3 is 0 Å². The third kappa shape index (κ3) is 3.60. The maximum absolute atomic E-state index is 12.4. The third-order valence-electron chi connectivity index (χ3n) is 3.49. The van der Waals surface area contributed by atoms with E-state index in [1.807, 2.05) is 42.8 Å². The van der Waals surface area contributed by atoms with Gasteiger partial charge in [-0.15, -0.1) is 0 Å². The zero-order chi connectivity index (χ0) is 15.4. The monoisotopic (exact) mass is 349 g/mol. The topological polar surface area (TPSA) is 60.9 Å². The number of hydrogen-bond acceptors (Lipinski definition) is 3. The largest absolute Gasteiger partial charge is 0.330 e. The van der Waals surface area contributed by atoms with Crippen LogP contribution in [-0.4, -0.2) is 22.1 Å². The van der Waals surface area contributed by atoms with E-state index in [4.69, 9.17) is 5.73 Å². The molecule has 0 aliphatic carbocycles. The van der Waals surface area contributed by atoms with Gasteiger partial charge in [-0.05, 0) is 48.3 Å². The van der Waals surface area contributed by atoms with E-state index in [0.717, 1.165) is 40.0 Å². The third-order valence-corrected chi connectivity index (χ3v) is 4.52. The maximum atomic E-state index is 12.4. The van der Waals surface area contributed by atoms with Crippen molar-refractivity contribution in [3.05, 3.63) is 51.3 Å². The molecule has 2 aromatic rings. The summed E-state index contributed by atoms with van der Waals surface area (Å²) in [6.07, 6.45) is 1.19. The number of nitrogens with zero attached hydrogens (tertiary/aromatic N) is 2. The first-order valence-corrected chi connectivity index (χ1v) is 7.90. The highest BCUT2D eigenvalue weighted by molar-refractivity contribution is 9.10. The zero-order valence-electron chi connectivity index (χ0n) is 12.4. The van der Waals surface area contributed by atoms with Gasteiger partial charge in [0.1, 0.15) is 0 Å². The van der Waals surface area contributed by atoms with Crippen LogP contribution >= 0.6 is 15.9 Å². The average molecular weight is 350 g/mol. The first kappa shape index (κ1) is 15.9. The number of hydrogen-bond donors (Lipinski definition) is 1. The lowest BCUT2D eigenvalue weighted by atomic mass is 10.0. The van der Waals surface area contributed by atoms with Gasteiger partial charge in [0.25, 0.3) is 0 Å². The molecule has 1 aromatic carbocycles. The minimum Gasteiger partial charge on any atom is -0.330 e. The Bertz CT molecular complexity index is 632. The first-order chi connectivity index (χ1) is 10.1. The summed E-state index contributed by atoms with van der Waals surface area (Å²) >= 11 is 3.53. The van der Waals surface area contributed by atoms with Crippen LogP contribution in [0.3, 0.4) is 0 Å². The molecule has 0 fully saturated rings. The molecular weight excluding hydrogens is 330 g/mol. The number of ketones is 1. The molecule has 0 unspecified atom stereocenters. The zero-order valence-corrected chi connectivity index (χ0v) is 14.0. The van der Waals surface area contributed by atoms with Gasteiger partial charge in [0.15, 0.2) is 5.78 Å². The Hall–Kier alpha value is -1.46. The fourth-order valence-electron chi connectivity index (χ4n) is 2.32. The van der Waals surface area contributed by atoms with Crippen LogP contribution in [0, 0.1) is 6.92 Å². The Labute approximate surface area is 133 Å². The van der Waals surface area contributed by atoms with E-state index in [9.17, 15) is 4.79 Å². The van der Waals surface area contributed by atoms with E-state index >= 15 is 0 Å². The molecule has 1 heterocycles. The van der Waals surface area contributed by atoms with Crippen molar-refractivity contribution in [3.63, 3.8) is 0 Å². The van der Waals surface area contributed by atoms with Gasteiger partial charge in [0.05, 0.1) is 22.3 Å². The Morgan fingerprint density at radius 2 is 2.00 bits per heavy atom. The van der Waals surface area contributed by atoms with Crippen LogP contribution in [0.4, 0.5) is 0 Å². The number of benzene rings is 1. The minimum absolute atomic E-state index is 0.101. The Balaban J connectivity index is 2.18. The van der Waals surface area contributed by atoms with E-state index in [-0.39, 0.29) is 5.78 Å². The Kier molecular flexibility index (Phi) is 5.31. The Morgan fingerprint density at radius 1 is 1.33 bits per heavy atom. The summed E-state index contributed by atoms with van der Waals surface area (Å²) in [7, 11) is 0. The predicted molar refractivity (Wildman–Crippen MR) is 87.6 cm³/mol. The molecule has 21 heavy (non-hydrogen) atoms. The molecule has 0 aliphatic rings. The van der Waals surface area contributed by atoms with Crippen LogP contribution in [-0.2, 0) is 19.4 Å². The molecular formula is C16H20BrN3O. The van der Waals surface area contributed by atoms with Crippen molar-refractivity contribution in [2.75, 3.05) is 6.54 Å². The smallest absolute Gasteiger partial charge is 0.168 e. The normalized spacial score (nSPS) is 10.9. The van der Waals surface area contributed by atoms with Crippen LogP contribution in [0.2, 0.25) is 0 Å². The van der Waals surface area contributed by atoms with E-state index in [0.29, 0.717) is 13.0 Å². The number of aryl methyl sites for hydroxylation is 2. The Morgan fingerprint density at radius 3 is 2.57 bits per heavy atom. The second-order valence-corrected chi connectivity index (χ2v) is 5.79. The van der Waals surface area contributed by atoms with Crippen molar-refractivity contribution >= 4 is 21.7 Å². The highest BCUT2D eigenvalue weighted by Crippen LogP contribution is 2.22. The van der Waals surface area contributed by atoms with Crippen LogP contribution in [0.25, 0.3) is 0 Å². The van der Waals surface area contributed by atoms with E-state index in [2.05, 4.69) is 21.0 Å². The molecule has 2 N–H and O–H groups in total. The molecule has 2 rings (SSSR count). The van der Waals surface area contributed by atoms with Gasteiger partial charge in [-0.1, -0.05) is 24.3 Å². The first-order valence-electron chi connectivity index (χ1n) is 7.10. The molecule has 0 saturated heterocycles. The van der Waals surface area contributed by atoms with Gasteiger partial charge < -0.3 is 5.73 Å². The number of aromatic nitrogens is 2. The van der Waals surface area contributed by atoms with Crippen molar-refractivity contribution in [2.24, 2.45) is 5.73 Å². The van der Waals surface area contributed by atoms with Crippen LogP contribution in [0.5, 0.6) is 0 Å². The summed E-state index contributed by atoms with van der Waals surface area (Å²) in [6.45, 7) is 5.33. The molecule has 5 heteroatoms. The van der Waals surface area contributed by atoms with Gasteiger partial charge in [-0.2, -0.15) is 5.10 Å². The summed E-state index contributed by atoms with van der Waals surface area (Å²) in [6, 6.07) is 7.69. The number of nitrogens with two attached hydrogens (primary N) is 1. The number of Topliss-reactive ketones (excluding diaryl/α,β-unsaturated/α-hetero) is 1. The fraction of sp³-hybridized carbons (Fsp3) is 0.375. The standard InChI is InChI=1S/C16H20BrN3O/c1-3-20-14(16(17)11(2)19-20)10-15(21)13-6-4-12(5-7-13)8-9-18/h4-7H,3,8-10,18H2,1-2H3. The van der Waals surface area contributed by atoms with Gasteiger partial charge in [0, 0.05) is 12.1 Å². The van der Waals surface area contributed by atoms with E-state index < -0.39 is 0 Å².